The molecule has 0 radical (unpaired) electrons. The zero-order valence-corrected chi connectivity index (χ0v) is 11.3. The summed E-state index contributed by atoms with van der Waals surface area (Å²) >= 11 is 1.85. The summed E-state index contributed by atoms with van der Waals surface area (Å²) in [5, 5.41) is 0. The summed E-state index contributed by atoms with van der Waals surface area (Å²) in [5.74, 6) is 0.931. The largest absolute Gasteiger partial charge is 0.324 e. The summed E-state index contributed by atoms with van der Waals surface area (Å²) in [4.78, 5) is 2.28. The number of nitrogens with zero attached hydrogens (tertiary/aromatic N) is 1. The zero-order valence-electron chi connectivity index (χ0n) is 10.5. The van der Waals surface area contributed by atoms with Crippen molar-refractivity contribution in [3.63, 3.8) is 0 Å². The van der Waals surface area contributed by atoms with Crippen LogP contribution >= 0.6 is 11.8 Å². The summed E-state index contributed by atoms with van der Waals surface area (Å²) in [5.41, 5.74) is 7.07. The van der Waals surface area contributed by atoms with Crippen LogP contribution in [0.15, 0.2) is 24.3 Å². The van der Waals surface area contributed by atoms with Crippen molar-refractivity contribution in [3.8, 4) is 0 Å². The fourth-order valence-electron chi connectivity index (χ4n) is 1.60. The molecule has 0 amide bonds. The molecule has 2 nitrogen and oxygen atoms in total. The second kappa shape index (κ2) is 7.69. The normalized spacial score (nSPS) is 13.0. The van der Waals surface area contributed by atoms with Crippen LogP contribution in [0.1, 0.15) is 18.0 Å². The third kappa shape index (κ3) is 5.52. The molecule has 0 heterocycles. The molecular formula is C13H21FN2S. The fourth-order valence-corrected chi connectivity index (χ4v) is 2.09. The Hall–Kier alpha value is -0.580. The SMILES string of the molecule is CSCCN(C)CCC(N)c1ccc(F)cc1. The number of hydrogen-bond donors (Lipinski definition) is 1. The Morgan fingerprint density at radius 2 is 1.94 bits per heavy atom. The summed E-state index contributed by atoms with van der Waals surface area (Å²) in [6, 6.07) is 6.45. The monoisotopic (exact) mass is 256 g/mol. The van der Waals surface area contributed by atoms with Crippen LogP contribution in [0, 0.1) is 5.82 Å². The van der Waals surface area contributed by atoms with Gasteiger partial charge < -0.3 is 10.6 Å². The second-order valence-electron chi connectivity index (χ2n) is 4.24. The third-order valence-corrected chi connectivity index (χ3v) is 3.39. The highest BCUT2D eigenvalue weighted by atomic mass is 32.2. The Labute approximate surface area is 107 Å². The number of thioether (sulfide) groups is 1. The molecule has 17 heavy (non-hydrogen) atoms. The second-order valence-corrected chi connectivity index (χ2v) is 5.23. The predicted octanol–water partition coefficient (Wildman–Crippen LogP) is 2.51. The van der Waals surface area contributed by atoms with Gasteiger partial charge in [0.1, 0.15) is 5.82 Å². The van der Waals surface area contributed by atoms with Gasteiger partial charge in [-0.15, -0.1) is 0 Å². The number of benzene rings is 1. The van der Waals surface area contributed by atoms with Crippen LogP contribution < -0.4 is 5.73 Å². The molecule has 0 bridgehead atoms. The van der Waals surface area contributed by atoms with Gasteiger partial charge >= 0.3 is 0 Å². The lowest BCUT2D eigenvalue weighted by atomic mass is 10.0. The van der Waals surface area contributed by atoms with Crippen molar-refractivity contribution in [2.45, 2.75) is 12.5 Å². The molecule has 0 saturated heterocycles. The van der Waals surface area contributed by atoms with Gasteiger partial charge in [0.2, 0.25) is 0 Å². The molecule has 2 N–H and O–H groups in total. The van der Waals surface area contributed by atoms with Crippen LogP contribution in [0.5, 0.6) is 0 Å². The van der Waals surface area contributed by atoms with Gasteiger partial charge in [-0.1, -0.05) is 12.1 Å². The molecular weight excluding hydrogens is 235 g/mol. The van der Waals surface area contributed by atoms with Gasteiger partial charge in [0, 0.05) is 18.3 Å². The molecule has 1 aromatic carbocycles. The molecule has 0 aromatic heterocycles. The molecule has 1 rings (SSSR count). The quantitative estimate of drug-likeness (QED) is 0.813. The van der Waals surface area contributed by atoms with E-state index in [0.29, 0.717) is 0 Å². The lowest BCUT2D eigenvalue weighted by Crippen LogP contribution is -2.25. The van der Waals surface area contributed by atoms with Gasteiger partial charge in [-0.05, 0) is 44.0 Å². The Bertz CT molecular complexity index is 316. The topological polar surface area (TPSA) is 29.3 Å². The van der Waals surface area contributed by atoms with E-state index in [2.05, 4.69) is 18.2 Å². The van der Waals surface area contributed by atoms with Crippen molar-refractivity contribution in [1.29, 1.82) is 0 Å². The molecule has 0 aliphatic rings. The van der Waals surface area contributed by atoms with Gasteiger partial charge in [-0.2, -0.15) is 11.8 Å². The van der Waals surface area contributed by atoms with Crippen LogP contribution in [0.4, 0.5) is 4.39 Å². The average Bonchev–Trinajstić information content (AvgIpc) is 2.34. The maximum absolute atomic E-state index is 12.8. The van der Waals surface area contributed by atoms with Crippen LogP contribution in [0.25, 0.3) is 0 Å². The highest BCUT2D eigenvalue weighted by Gasteiger charge is 2.07. The van der Waals surface area contributed by atoms with Crippen molar-refractivity contribution in [2.75, 3.05) is 32.1 Å². The summed E-state index contributed by atoms with van der Waals surface area (Å²) < 4.78 is 12.8. The minimum Gasteiger partial charge on any atom is -0.324 e. The minimum atomic E-state index is -0.210. The van der Waals surface area contributed by atoms with Crippen LogP contribution in [0.3, 0.4) is 0 Å². The van der Waals surface area contributed by atoms with Crippen molar-refractivity contribution in [3.05, 3.63) is 35.6 Å². The van der Waals surface area contributed by atoms with Crippen LogP contribution in [-0.4, -0.2) is 37.0 Å². The smallest absolute Gasteiger partial charge is 0.123 e. The van der Waals surface area contributed by atoms with Gasteiger partial charge in [-0.3, -0.25) is 0 Å². The third-order valence-electron chi connectivity index (χ3n) is 2.80. The van der Waals surface area contributed by atoms with Crippen molar-refractivity contribution in [2.24, 2.45) is 5.73 Å². The summed E-state index contributed by atoms with van der Waals surface area (Å²) in [6.45, 7) is 2.05. The number of hydrogen-bond acceptors (Lipinski definition) is 3. The van der Waals surface area contributed by atoms with Gasteiger partial charge in [0.25, 0.3) is 0 Å². The molecule has 1 atom stereocenters. The molecule has 1 aromatic rings. The first-order valence-corrected chi connectivity index (χ1v) is 7.21. The van der Waals surface area contributed by atoms with Crippen molar-refractivity contribution < 1.29 is 4.39 Å². The van der Waals surface area contributed by atoms with Crippen molar-refractivity contribution >= 4 is 11.8 Å². The van der Waals surface area contributed by atoms with E-state index in [1.165, 1.54) is 12.1 Å². The number of nitrogens with two attached hydrogens (primary N) is 1. The molecule has 4 heteroatoms. The van der Waals surface area contributed by atoms with Gasteiger partial charge in [0.05, 0.1) is 0 Å². The minimum absolute atomic E-state index is 0.00710. The molecule has 0 spiro atoms. The predicted molar refractivity (Wildman–Crippen MR) is 73.8 cm³/mol. The molecule has 0 saturated carbocycles. The lowest BCUT2D eigenvalue weighted by Gasteiger charge is -2.19. The van der Waals surface area contributed by atoms with E-state index in [-0.39, 0.29) is 11.9 Å². The lowest BCUT2D eigenvalue weighted by molar-refractivity contribution is 0.337. The first-order chi connectivity index (χ1) is 8.13. The van der Waals surface area contributed by atoms with E-state index >= 15 is 0 Å². The Kier molecular flexibility index (Phi) is 6.55. The van der Waals surface area contributed by atoms with Gasteiger partial charge in [-0.25, -0.2) is 4.39 Å². The van der Waals surface area contributed by atoms with Gasteiger partial charge in [0.15, 0.2) is 0 Å². The molecule has 96 valence electrons. The van der Waals surface area contributed by atoms with E-state index < -0.39 is 0 Å². The molecule has 0 aliphatic heterocycles. The van der Waals surface area contributed by atoms with Crippen LogP contribution in [0.2, 0.25) is 0 Å². The maximum atomic E-state index is 12.8. The fraction of sp³-hybridized carbons (Fsp3) is 0.538. The highest BCUT2D eigenvalue weighted by Crippen LogP contribution is 2.14. The highest BCUT2D eigenvalue weighted by molar-refractivity contribution is 7.98. The Balaban J connectivity index is 2.34. The van der Waals surface area contributed by atoms with E-state index in [0.717, 1.165) is 30.8 Å². The van der Waals surface area contributed by atoms with E-state index in [9.17, 15) is 4.39 Å². The summed E-state index contributed by atoms with van der Waals surface area (Å²) in [6.07, 6.45) is 3.01. The first-order valence-electron chi connectivity index (χ1n) is 5.82. The summed E-state index contributed by atoms with van der Waals surface area (Å²) in [7, 11) is 2.10. The van der Waals surface area contributed by atoms with E-state index in [1.807, 2.05) is 11.8 Å². The standard InChI is InChI=1S/C13H21FN2S/c1-16(9-10-17-2)8-7-13(15)11-3-5-12(14)6-4-11/h3-6,13H,7-10,15H2,1-2H3. The molecule has 0 fully saturated rings. The average molecular weight is 256 g/mol. The first kappa shape index (κ1) is 14.5. The van der Waals surface area contributed by atoms with E-state index in [4.69, 9.17) is 5.73 Å². The number of rotatable bonds is 7. The van der Waals surface area contributed by atoms with Crippen LogP contribution in [-0.2, 0) is 0 Å². The number of halogens is 1. The molecule has 1 unspecified atom stereocenters. The zero-order chi connectivity index (χ0) is 12.7. The van der Waals surface area contributed by atoms with Crippen molar-refractivity contribution in [1.82, 2.24) is 4.90 Å². The molecule has 0 aliphatic carbocycles. The Morgan fingerprint density at radius 3 is 2.53 bits per heavy atom. The Morgan fingerprint density at radius 1 is 1.29 bits per heavy atom. The van der Waals surface area contributed by atoms with E-state index in [1.54, 1.807) is 12.1 Å². The maximum Gasteiger partial charge on any atom is 0.123 e.